The molecular weight excluding hydrogens is 218 g/mol. The van der Waals surface area contributed by atoms with E-state index in [2.05, 4.69) is 4.98 Å². The lowest BCUT2D eigenvalue weighted by molar-refractivity contribution is -0.138. The normalized spacial score (nSPS) is 12.8. The standard InChI is InChI=1S/C10H12F2N2O2/c11-9(12)8-4-2-6(5-14-8)1-3-7(13)10(15)16/h2,4-5,7,9H,1,3,13H2,(H,15,16)/t7-/m0/s1. The van der Waals surface area contributed by atoms with Crippen LogP contribution in [-0.2, 0) is 11.2 Å². The first-order valence-electron chi connectivity index (χ1n) is 4.72. The Bertz CT molecular complexity index is 354. The molecule has 0 saturated heterocycles. The molecule has 0 radical (unpaired) electrons. The van der Waals surface area contributed by atoms with E-state index >= 15 is 0 Å². The number of nitrogens with zero attached hydrogens (tertiary/aromatic N) is 1. The molecular formula is C10H12F2N2O2. The molecule has 0 aromatic carbocycles. The third-order valence-corrected chi connectivity index (χ3v) is 2.13. The molecule has 1 aromatic rings. The topological polar surface area (TPSA) is 76.2 Å². The van der Waals surface area contributed by atoms with Crippen molar-refractivity contribution in [2.75, 3.05) is 0 Å². The average molecular weight is 230 g/mol. The minimum Gasteiger partial charge on any atom is -0.480 e. The van der Waals surface area contributed by atoms with Crippen molar-refractivity contribution in [3.05, 3.63) is 29.6 Å². The highest BCUT2D eigenvalue weighted by atomic mass is 19.3. The average Bonchev–Trinajstić information content (AvgIpc) is 2.26. The number of pyridine rings is 1. The van der Waals surface area contributed by atoms with Gasteiger partial charge >= 0.3 is 5.97 Å². The fourth-order valence-electron chi connectivity index (χ4n) is 1.16. The highest BCUT2D eigenvalue weighted by Gasteiger charge is 2.12. The number of hydrogen-bond donors (Lipinski definition) is 2. The van der Waals surface area contributed by atoms with Crippen molar-refractivity contribution in [1.82, 2.24) is 4.98 Å². The first-order chi connectivity index (χ1) is 7.50. The highest BCUT2D eigenvalue weighted by molar-refractivity contribution is 5.73. The fourth-order valence-corrected chi connectivity index (χ4v) is 1.16. The number of carboxylic acid groups (broad SMARTS) is 1. The maximum absolute atomic E-state index is 12.2. The molecule has 0 bridgehead atoms. The van der Waals surface area contributed by atoms with Gasteiger partial charge in [0.15, 0.2) is 0 Å². The van der Waals surface area contributed by atoms with Crippen LogP contribution in [0.4, 0.5) is 8.78 Å². The third-order valence-electron chi connectivity index (χ3n) is 2.13. The van der Waals surface area contributed by atoms with E-state index in [0.29, 0.717) is 12.0 Å². The van der Waals surface area contributed by atoms with Gasteiger partial charge < -0.3 is 10.8 Å². The number of aliphatic carboxylic acids is 1. The van der Waals surface area contributed by atoms with Gasteiger partial charge in [0.05, 0.1) is 0 Å². The molecule has 0 saturated carbocycles. The van der Waals surface area contributed by atoms with Gasteiger partial charge in [0, 0.05) is 6.20 Å². The summed E-state index contributed by atoms with van der Waals surface area (Å²) in [5.41, 5.74) is 5.71. The number of aromatic nitrogens is 1. The minimum absolute atomic E-state index is 0.255. The third kappa shape index (κ3) is 3.54. The molecule has 16 heavy (non-hydrogen) atoms. The molecule has 1 rings (SSSR count). The monoisotopic (exact) mass is 230 g/mol. The van der Waals surface area contributed by atoms with Crippen LogP contribution in [0.5, 0.6) is 0 Å². The zero-order chi connectivity index (χ0) is 12.1. The van der Waals surface area contributed by atoms with Crippen molar-refractivity contribution in [2.24, 2.45) is 5.73 Å². The van der Waals surface area contributed by atoms with Gasteiger partial charge in [-0.1, -0.05) is 6.07 Å². The van der Waals surface area contributed by atoms with Crippen molar-refractivity contribution in [3.63, 3.8) is 0 Å². The quantitative estimate of drug-likeness (QED) is 0.800. The molecule has 0 aliphatic rings. The number of alkyl halides is 2. The molecule has 0 fully saturated rings. The first-order valence-corrected chi connectivity index (χ1v) is 4.72. The van der Waals surface area contributed by atoms with E-state index in [1.165, 1.54) is 18.3 Å². The Labute approximate surface area is 91.1 Å². The van der Waals surface area contributed by atoms with Crippen LogP contribution in [0, 0.1) is 0 Å². The lowest BCUT2D eigenvalue weighted by Crippen LogP contribution is -2.30. The SMILES string of the molecule is N[C@@H](CCc1ccc(C(F)F)nc1)C(=O)O. The zero-order valence-corrected chi connectivity index (χ0v) is 8.44. The van der Waals surface area contributed by atoms with E-state index in [9.17, 15) is 13.6 Å². The summed E-state index contributed by atoms with van der Waals surface area (Å²) in [6, 6.07) is 1.80. The van der Waals surface area contributed by atoms with Crippen LogP contribution in [-0.4, -0.2) is 22.1 Å². The molecule has 0 spiro atoms. The van der Waals surface area contributed by atoms with Crippen molar-refractivity contribution >= 4 is 5.97 Å². The van der Waals surface area contributed by atoms with Crippen molar-refractivity contribution in [3.8, 4) is 0 Å². The summed E-state index contributed by atoms with van der Waals surface area (Å²) in [7, 11) is 0. The summed E-state index contributed by atoms with van der Waals surface area (Å²) in [4.78, 5) is 14.0. The van der Waals surface area contributed by atoms with Gasteiger partial charge in [-0.2, -0.15) is 0 Å². The molecule has 88 valence electrons. The number of carbonyl (C=O) groups is 1. The van der Waals surface area contributed by atoms with Crippen LogP contribution in [0.3, 0.4) is 0 Å². The number of carboxylic acids is 1. The summed E-state index contributed by atoms with van der Waals surface area (Å²) in [5, 5.41) is 8.54. The van der Waals surface area contributed by atoms with Gasteiger partial charge in [0.1, 0.15) is 11.7 Å². The number of rotatable bonds is 5. The smallest absolute Gasteiger partial charge is 0.320 e. The number of aryl methyl sites for hydroxylation is 1. The number of halogens is 2. The molecule has 6 heteroatoms. The van der Waals surface area contributed by atoms with Crippen LogP contribution >= 0.6 is 0 Å². The number of hydrogen-bond acceptors (Lipinski definition) is 3. The maximum Gasteiger partial charge on any atom is 0.320 e. The Balaban J connectivity index is 2.52. The van der Waals surface area contributed by atoms with E-state index in [0.717, 1.165) is 0 Å². The Kier molecular flexibility index (Phi) is 4.30. The summed E-state index contributed by atoms with van der Waals surface area (Å²) in [6.45, 7) is 0. The van der Waals surface area contributed by atoms with Crippen molar-refractivity contribution < 1.29 is 18.7 Å². The van der Waals surface area contributed by atoms with Crippen LogP contribution in [0.2, 0.25) is 0 Å². The van der Waals surface area contributed by atoms with Gasteiger partial charge in [0.25, 0.3) is 6.43 Å². The number of nitrogens with two attached hydrogens (primary N) is 1. The highest BCUT2D eigenvalue weighted by Crippen LogP contribution is 2.16. The van der Waals surface area contributed by atoms with E-state index in [4.69, 9.17) is 10.8 Å². The van der Waals surface area contributed by atoms with Gasteiger partial charge in [-0.15, -0.1) is 0 Å². The molecule has 4 nitrogen and oxygen atoms in total. The van der Waals surface area contributed by atoms with Crippen molar-refractivity contribution in [1.29, 1.82) is 0 Å². The van der Waals surface area contributed by atoms with Gasteiger partial charge in [-0.3, -0.25) is 9.78 Å². The lowest BCUT2D eigenvalue weighted by Gasteiger charge is -2.06. The molecule has 0 aliphatic carbocycles. The van der Waals surface area contributed by atoms with Gasteiger partial charge in [0.2, 0.25) is 0 Å². The predicted molar refractivity (Wildman–Crippen MR) is 53.1 cm³/mol. The Morgan fingerprint density at radius 1 is 1.50 bits per heavy atom. The van der Waals surface area contributed by atoms with Crippen LogP contribution in [0.1, 0.15) is 24.1 Å². The summed E-state index contributed by atoms with van der Waals surface area (Å²) >= 11 is 0. The molecule has 0 aliphatic heterocycles. The Morgan fingerprint density at radius 3 is 2.62 bits per heavy atom. The molecule has 1 atom stereocenters. The zero-order valence-electron chi connectivity index (χ0n) is 8.44. The van der Waals surface area contributed by atoms with Crippen LogP contribution < -0.4 is 5.73 Å². The second-order valence-electron chi connectivity index (χ2n) is 3.38. The summed E-state index contributed by atoms with van der Waals surface area (Å²) < 4.78 is 24.3. The Morgan fingerprint density at radius 2 is 2.19 bits per heavy atom. The summed E-state index contributed by atoms with van der Waals surface area (Å²) in [5.74, 6) is -1.07. The molecule has 3 N–H and O–H groups in total. The predicted octanol–water partition coefficient (Wildman–Crippen LogP) is 1.36. The van der Waals surface area contributed by atoms with E-state index in [-0.39, 0.29) is 12.1 Å². The molecule has 1 heterocycles. The molecule has 0 amide bonds. The summed E-state index contributed by atoms with van der Waals surface area (Å²) in [6.07, 6.45) is -0.610. The van der Waals surface area contributed by atoms with Gasteiger partial charge in [-0.05, 0) is 24.5 Å². The molecule has 0 unspecified atom stereocenters. The fraction of sp³-hybridized carbons (Fsp3) is 0.400. The first kappa shape index (κ1) is 12.5. The van der Waals surface area contributed by atoms with Crippen molar-refractivity contribution in [2.45, 2.75) is 25.3 Å². The van der Waals surface area contributed by atoms with Crippen LogP contribution in [0.25, 0.3) is 0 Å². The Hall–Kier alpha value is -1.56. The van der Waals surface area contributed by atoms with Crippen LogP contribution in [0.15, 0.2) is 18.3 Å². The van der Waals surface area contributed by atoms with Gasteiger partial charge in [-0.25, -0.2) is 8.78 Å². The van der Waals surface area contributed by atoms with E-state index < -0.39 is 18.4 Å². The second-order valence-corrected chi connectivity index (χ2v) is 3.38. The second kappa shape index (κ2) is 5.50. The van der Waals surface area contributed by atoms with E-state index in [1.807, 2.05) is 0 Å². The van der Waals surface area contributed by atoms with E-state index in [1.54, 1.807) is 0 Å². The minimum atomic E-state index is -2.59. The largest absolute Gasteiger partial charge is 0.480 e. The molecule has 1 aromatic heterocycles. The lowest BCUT2D eigenvalue weighted by atomic mass is 10.1. The maximum atomic E-state index is 12.2.